The Morgan fingerprint density at radius 2 is 2.21 bits per heavy atom. The van der Waals surface area contributed by atoms with E-state index in [1.807, 2.05) is 19.2 Å². The number of nitrogens with one attached hydrogen (secondary N) is 1. The Labute approximate surface area is 123 Å². The van der Waals surface area contributed by atoms with Crippen LogP contribution in [-0.2, 0) is 5.54 Å². The van der Waals surface area contributed by atoms with E-state index in [1.165, 1.54) is 17.4 Å². The topological polar surface area (TPSA) is 68.1 Å². The molecule has 0 atom stereocenters. The van der Waals surface area contributed by atoms with Crippen molar-refractivity contribution in [3.05, 3.63) is 49.4 Å². The van der Waals surface area contributed by atoms with Gasteiger partial charge in [0.05, 0.1) is 10.5 Å². The van der Waals surface area contributed by atoms with Crippen LogP contribution in [0.3, 0.4) is 0 Å². The molecule has 0 spiro atoms. The van der Waals surface area contributed by atoms with Crippen molar-refractivity contribution in [3.63, 3.8) is 0 Å². The Kier molecular flexibility index (Phi) is 3.86. The lowest BCUT2D eigenvalue weighted by Crippen LogP contribution is -2.28. The number of anilines is 1. The van der Waals surface area contributed by atoms with Gasteiger partial charge in [0.1, 0.15) is 10.7 Å². The minimum Gasteiger partial charge on any atom is -0.368 e. The first-order chi connectivity index (χ1) is 8.90. The molecular weight excluding hydrogens is 330 g/mol. The summed E-state index contributed by atoms with van der Waals surface area (Å²) >= 11 is 4.75. The van der Waals surface area contributed by atoms with E-state index in [4.69, 9.17) is 0 Å². The minimum atomic E-state index is -0.466. The fraction of sp³-hybridized carbons (Fsp3) is 0.250. The van der Waals surface area contributed by atoms with Crippen molar-refractivity contribution in [2.45, 2.75) is 19.4 Å². The lowest BCUT2D eigenvalue weighted by Gasteiger charge is -2.25. The zero-order valence-electron chi connectivity index (χ0n) is 10.4. The van der Waals surface area contributed by atoms with Crippen LogP contribution in [-0.4, -0.2) is 9.91 Å². The molecule has 0 aliphatic carbocycles. The standard InChI is InChI=1S/C12H12BrN3O2S/c1-12(2,11-14-5-6-19-11)15-9-4-3-8(13)7-10(9)16(17)18/h3-7,15H,1-2H3. The molecule has 5 nitrogen and oxygen atoms in total. The molecule has 100 valence electrons. The van der Waals surface area contributed by atoms with Gasteiger partial charge in [0.2, 0.25) is 0 Å². The Morgan fingerprint density at radius 3 is 2.79 bits per heavy atom. The highest BCUT2D eigenvalue weighted by atomic mass is 79.9. The number of hydrogen-bond donors (Lipinski definition) is 1. The van der Waals surface area contributed by atoms with Gasteiger partial charge in [0.25, 0.3) is 5.69 Å². The first kappa shape index (κ1) is 14.0. The number of halogens is 1. The maximum Gasteiger partial charge on any atom is 0.293 e. The lowest BCUT2D eigenvalue weighted by molar-refractivity contribution is -0.384. The zero-order chi connectivity index (χ0) is 14.0. The number of benzene rings is 1. The van der Waals surface area contributed by atoms with Crippen molar-refractivity contribution in [1.29, 1.82) is 0 Å². The zero-order valence-corrected chi connectivity index (χ0v) is 12.8. The maximum absolute atomic E-state index is 11.1. The van der Waals surface area contributed by atoms with Gasteiger partial charge in [-0.2, -0.15) is 0 Å². The molecule has 2 rings (SSSR count). The molecule has 1 heterocycles. The second-order valence-electron chi connectivity index (χ2n) is 4.51. The summed E-state index contributed by atoms with van der Waals surface area (Å²) in [4.78, 5) is 14.9. The first-order valence-electron chi connectivity index (χ1n) is 5.52. The van der Waals surface area contributed by atoms with E-state index >= 15 is 0 Å². The Balaban J connectivity index is 2.36. The summed E-state index contributed by atoms with van der Waals surface area (Å²) in [5.41, 5.74) is 0.0552. The van der Waals surface area contributed by atoms with Crippen molar-refractivity contribution in [1.82, 2.24) is 4.98 Å². The van der Waals surface area contributed by atoms with Crippen LogP contribution in [0.15, 0.2) is 34.2 Å². The molecule has 1 aromatic heterocycles. The summed E-state index contributed by atoms with van der Waals surface area (Å²) in [5, 5.41) is 17.0. The summed E-state index contributed by atoms with van der Waals surface area (Å²) in [6.45, 7) is 3.88. The molecule has 0 fully saturated rings. The Hall–Kier alpha value is -1.47. The average molecular weight is 342 g/mol. The molecular formula is C12H12BrN3O2S. The van der Waals surface area contributed by atoms with Crippen molar-refractivity contribution >= 4 is 38.6 Å². The van der Waals surface area contributed by atoms with E-state index in [0.29, 0.717) is 10.2 Å². The van der Waals surface area contributed by atoms with Gasteiger partial charge in [-0.25, -0.2) is 4.98 Å². The summed E-state index contributed by atoms with van der Waals surface area (Å²) in [7, 11) is 0. The molecule has 0 amide bonds. The lowest BCUT2D eigenvalue weighted by atomic mass is 10.1. The Morgan fingerprint density at radius 1 is 1.47 bits per heavy atom. The largest absolute Gasteiger partial charge is 0.368 e. The van der Waals surface area contributed by atoms with E-state index < -0.39 is 10.5 Å². The molecule has 0 aliphatic rings. The highest BCUT2D eigenvalue weighted by Gasteiger charge is 2.26. The fourth-order valence-electron chi connectivity index (χ4n) is 1.68. The van der Waals surface area contributed by atoms with Gasteiger partial charge in [-0.05, 0) is 26.0 Å². The molecule has 1 N–H and O–H groups in total. The van der Waals surface area contributed by atoms with Gasteiger partial charge in [-0.15, -0.1) is 11.3 Å². The third-order valence-electron chi connectivity index (χ3n) is 2.57. The SMILES string of the molecule is CC(C)(Nc1ccc(Br)cc1[N+](=O)[O-])c1nccs1. The molecule has 0 bridgehead atoms. The number of aromatic nitrogens is 1. The normalized spacial score (nSPS) is 11.3. The monoisotopic (exact) mass is 341 g/mol. The molecule has 0 aliphatic heterocycles. The average Bonchev–Trinajstić information content (AvgIpc) is 2.85. The van der Waals surface area contributed by atoms with Crippen LogP contribution < -0.4 is 5.32 Å². The van der Waals surface area contributed by atoms with E-state index in [-0.39, 0.29) is 5.69 Å². The molecule has 0 saturated heterocycles. The molecule has 0 unspecified atom stereocenters. The smallest absolute Gasteiger partial charge is 0.293 e. The molecule has 0 saturated carbocycles. The van der Waals surface area contributed by atoms with Gasteiger partial charge in [-0.3, -0.25) is 10.1 Å². The quantitative estimate of drug-likeness (QED) is 0.669. The number of nitro groups is 1. The molecule has 0 radical (unpaired) electrons. The second-order valence-corrected chi connectivity index (χ2v) is 6.32. The first-order valence-corrected chi connectivity index (χ1v) is 7.19. The fourth-order valence-corrected chi connectivity index (χ4v) is 2.75. The molecule has 2 aromatic rings. The summed E-state index contributed by atoms with van der Waals surface area (Å²) < 4.78 is 0.678. The van der Waals surface area contributed by atoms with Crippen molar-refractivity contribution in [3.8, 4) is 0 Å². The van der Waals surface area contributed by atoms with E-state index in [1.54, 1.807) is 18.3 Å². The van der Waals surface area contributed by atoms with Gasteiger partial charge >= 0.3 is 0 Å². The van der Waals surface area contributed by atoms with Gasteiger partial charge < -0.3 is 5.32 Å². The van der Waals surface area contributed by atoms with Crippen molar-refractivity contribution < 1.29 is 4.92 Å². The third kappa shape index (κ3) is 3.10. The van der Waals surface area contributed by atoms with E-state index in [2.05, 4.69) is 26.2 Å². The predicted octanol–water partition coefficient (Wildman–Crippen LogP) is 4.16. The number of nitrogens with zero attached hydrogens (tertiary/aromatic N) is 2. The summed E-state index contributed by atoms with van der Waals surface area (Å²) in [5.74, 6) is 0. The highest BCUT2D eigenvalue weighted by molar-refractivity contribution is 9.10. The van der Waals surface area contributed by atoms with Crippen LogP contribution in [0, 0.1) is 10.1 Å². The predicted molar refractivity (Wildman–Crippen MR) is 79.6 cm³/mol. The molecule has 1 aromatic carbocycles. The van der Waals surface area contributed by atoms with Gasteiger partial charge in [-0.1, -0.05) is 15.9 Å². The molecule has 7 heteroatoms. The van der Waals surface area contributed by atoms with Gasteiger partial charge in [0, 0.05) is 22.1 Å². The maximum atomic E-state index is 11.1. The summed E-state index contributed by atoms with van der Waals surface area (Å²) in [6.07, 6.45) is 1.72. The van der Waals surface area contributed by atoms with E-state index in [9.17, 15) is 10.1 Å². The minimum absolute atomic E-state index is 0.0407. The highest BCUT2D eigenvalue weighted by Crippen LogP contribution is 2.33. The second kappa shape index (κ2) is 5.26. The number of nitro benzene ring substituents is 1. The van der Waals surface area contributed by atoms with Crippen LogP contribution >= 0.6 is 27.3 Å². The van der Waals surface area contributed by atoms with Gasteiger partial charge in [0.15, 0.2) is 0 Å². The third-order valence-corrected chi connectivity index (χ3v) is 4.16. The van der Waals surface area contributed by atoms with Crippen LogP contribution in [0.4, 0.5) is 11.4 Å². The van der Waals surface area contributed by atoms with Crippen LogP contribution in [0.1, 0.15) is 18.9 Å². The summed E-state index contributed by atoms with van der Waals surface area (Å²) in [6, 6.07) is 4.95. The van der Waals surface area contributed by atoms with Crippen molar-refractivity contribution in [2.75, 3.05) is 5.32 Å². The van der Waals surface area contributed by atoms with Crippen LogP contribution in [0.5, 0.6) is 0 Å². The van der Waals surface area contributed by atoms with Crippen LogP contribution in [0.25, 0.3) is 0 Å². The van der Waals surface area contributed by atoms with Crippen molar-refractivity contribution in [2.24, 2.45) is 0 Å². The number of thiazole rings is 1. The number of rotatable bonds is 4. The number of hydrogen-bond acceptors (Lipinski definition) is 5. The van der Waals surface area contributed by atoms with Crippen LogP contribution in [0.2, 0.25) is 0 Å². The van der Waals surface area contributed by atoms with E-state index in [0.717, 1.165) is 5.01 Å². The molecule has 19 heavy (non-hydrogen) atoms. The Bertz CT molecular complexity index is 599.